The molecule has 0 spiro atoms. The second-order valence-corrected chi connectivity index (χ2v) is 7.25. The van der Waals surface area contributed by atoms with Crippen molar-refractivity contribution in [2.24, 2.45) is 5.16 Å². The minimum Gasteiger partial charge on any atom is -1.00 e. The summed E-state index contributed by atoms with van der Waals surface area (Å²) in [6, 6.07) is -1.23. The Morgan fingerprint density at radius 1 is 1.54 bits per heavy atom. The summed E-state index contributed by atoms with van der Waals surface area (Å²) in [4.78, 5) is 42.4. The van der Waals surface area contributed by atoms with E-state index in [0.717, 1.165) is 13.5 Å². The Hall–Kier alpha value is -1.42. The fourth-order valence-electron chi connectivity index (χ4n) is 1.89. The van der Waals surface area contributed by atoms with Crippen LogP contribution in [0.15, 0.2) is 16.0 Å². The van der Waals surface area contributed by atoms with Crippen molar-refractivity contribution in [1.82, 2.24) is 14.6 Å². The van der Waals surface area contributed by atoms with Gasteiger partial charge in [0, 0.05) is 0 Å². The number of hydrogen-bond donors (Lipinski definition) is 3. The number of β-lactam (4-membered cyclic amide) rings is 1. The van der Waals surface area contributed by atoms with Crippen LogP contribution in [0, 0.1) is 0 Å². The topological polar surface area (TPSA) is 180 Å². The predicted molar refractivity (Wildman–Crippen MR) is 90.5 cm³/mol. The van der Waals surface area contributed by atoms with E-state index in [0.29, 0.717) is 0 Å². The number of carbonyl (C=O) groups is 3. The van der Waals surface area contributed by atoms with Gasteiger partial charge in [-0.2, -0.15) is 8.42 Å². The fraction of sp³-hybridized carbons (Fsp3) is 0.364. The molecule has 1 unspecified atom stereocenters. The van der Waals surface area contributed by atoms with E-state index in [1.54, 1.807) is 0 Å². The van der Waals surface area contributed by atoms with Gasteiger partial charge in [0.05, 0.1) is 6.54 Å². The Morgan fingerprint density at radius 3 is 2.68 bits per heavy atom. The molecule has 0 aromatic carbocycles. The summed E-state index contributed by atoms with van der Waals surface area (Å²) in [5.74, 6) is -3.24. The molecular weight excluding hydrogens is 456 g/mol. The molecular formula is C11H12Cl2N5NaO8S. The van der Waals surface area contributed by atoms with Gasteiger partial charge in [-0.3, -0.25) is 24.3 Å². The number of carbonyl (C=O) groups excluding carboxylic acids is 3. The molecule has 2 rings (SSSR count). The zero-order valence-corrected chi connectivity index (χ0v) is 18.6. The van der Waals surface area contributed by atoms with Gasteiger partial charge in [0.1, 0.15) is 13.2 Å². The number of anilines is 1. The molecule has 2 heterocycles. The molecule has 3 N–H and O–H groups in total. The Bertz CT molecular complexity index is 911. The minimum absolute atomic E-state index is 0. The molecule has 17 heteroatoms. The Kier molecular flexibility index (Phi) is 8.67. The maximum Gasteiger partial charge on any atom is 1.00 e. The Labute approximate surface area is 191 Å². The van der Waals surface area contributed by atoms with E-state index >= 15 is 0 Å². The summed E-state index contributed by atoms with van der Waals surface area (Å²) in [6.45, 7) is -0.480. The smallest absolute Gasteiger partial charge is 1.00 e. The Morgan fingerprint density at radius 2 is 2.18 bits per heavy atom. The molecule has 1 aromatic heterocycles. The summed E-state index contributed by atoms with van der Waals surface area (Å²) in [5, 5.41) is 7.80. The number of halogens is 2. The van der Waals surface area contributed by atoms with E-state index in [1.807, 2.05) is 0 Å². The van der Waals surface area contributed by atoms with Gasteiger partial charge in [-0.25, -0.2) is 9.29 Å². The molecule has 0 saturated carbocycles. The molecule has 1 aliphatic heterocycles. The number of nitrogens with zero attached hydrogens (tertiary/aromatic N) is 3. The maximum atomic E-state index is 12.4. The van der Waals surface area contributed by atoms with Crippen LogP contribution in [0.25, 0.3) is 0 Å². The largest absolute Gasteiger partial charge is 1.00 e. The first-order valence-corrected chi connectivity index (χ1v) is 9.07. The molecule has 0 aliphatic carbocycles. The Balaban J connectivity index is 0.00000392. The van der Waals surface area contributed by atoms with E-state index in [2.05, 4.69) is 25.6 Å². The van der Waals surface area contributed by atoms with Gasteiger partial charge in [0.15, 0.2) is 22.6 Å². The first-order chi connectivity index (χ1) is 12.6. The third-order valence-corrected chi connectivity index (χ3v) is 4.38. The first kappa shape index (κ1) is 24.6. The zero-order chi connectivity index (χ0) is 20.4. The summed E-state index contributed by atoms with van der Waals surface area (Å²) in [6.07, 6.45) is 0.884. The van der Waals surface area contributed by atoms with Crippen molar-refractivity contribution in [2.45, 2.75) is 10.9 Å². The fourth-order valence-corrected chi connectivity index (χ4v) is 2.69. The molecule has 0 bridgehead atoms. The molecule has 1 atom stereocenters. The summed E-state index contributed by atoms with van der Waals surface area (Å²) in [5.41, 5.74) is -0.768. The number of amides is 3. The predicted octanol–water partition coefficient (Wildman–Crippen LogP) is -3.99. The van der Waals surface area contributed by atoms with Crippen molar-refractivity contribution >= 4 is 62.8 Å². The van der Waals surface area contributed by atoms with Gasteiger partial charge in [0.2, 0.25) is 5.88 Å². The number of nitrogens with one attached hydrogen (secondary N) is 2. The molecule has 13 nitrogen and oxygen atoms in total. The second kappa shape index (κ2) is 9.87. The van der Waals surface area contributed by atoms with Crippen molar-refractivity contribution in [3.8, 4) is 0 Å². The van der Waals surface area contributed by atoms with Gasteiger partial charge in [-0.1, -0.05) is 28.4 Å². The number of alkyl halides is 2. The number of rotatable bonds is 7. The summed E-state index contributed by atoms with van der Waals surface area (Å²) in [7, 11) is -3.59. The first-order valence-electron chi connectivity index (χ1n) is 6.80. The van der Waals surface area contributed by atoms with Crippen LogP contribution in [0.4, 0.5) is 5.88 Å². The third kappa shape index (κ3) is 5.56. The normalized spacial score (nSPS) is 16.9. The van der Waals surface area contributed by atoms with Crippen LogP contribution in [0.1, 0.15) is 7.12 Å². The van der Waals surface area contributed by atoms with E-state index < -0.39 is 51.2 Å². The third-order valence-electron chi connectivity index (χ3n) is 3.10. The molecule has 0 radical (unpaired) electrons. The number of oxime groups is 1. The van der Waals surface area contributed by atoms with Crippen LogP contribution < -0.4 is 40.2 Å². The van der Waals surface area contributed by atoms with Crippen LogP contribution >= 0.6 is 23.2 Å². The van der Waals surface area contributed by atoms with Crippen LogP contribution in [-0.2, 0) is 29.5 Å². The molecule has 28 heavy (non-hydrogen) atoms. The zero-order valence-electron chi connectivity index (χ0n) is 15.2. The molecule has 1 fully saturated rings. The van der Waals surface area contributed by atoms with Crippen molar-refractivity contribution in [2.75, 3.05) is 19.0 Å². The molecule has 1 aliphatic rings. The van der Waals surface area contributed by atoms with E-state index in [4.69, 9.17) is 32.2 Å². The van der Waals surface area contributed by atoms with Crippen molar-refractivity contribution in [1.29, 1.82) is 0 Å². The maximum absolute atomic E-state index is 12.4. The van der Waals surface area contributed by atoms with Gasteiger partial charge in [-0.05, 0) is 0 Å². The molecule has 1 aromatic rings. The van der Waals surface area contributed by atoms with Gasteiger partial charge in [0.25, 0.3) is 17.7 Å². The number of oxazole rings is 1. The molecule has 1 saturated heterocycles. The van der Waals surface area contributed by atoms with Gasteiger partial charge in [-0.15, -0.1) is 0 Å². The standard InChI is InChI=1S/C11H11Cl2N5O8S.Na.H/c1-25-17-5(6-10(26-3-14-6)16-9(20)7(12)13)8(19)15-4-2-18(11(4)21)27(22,23)24;;/h3-4,7H,2H2,1H3,(H,15,19)(H,16,20)(H,22,23,24);;/q;+1;-1. The minimum atomic E-state index is -4.71. The van der Waals surface area contributed by atoms with Crippen LogP contribution in [0.5, 0.6) is 0 Å². The van der Waals surface area contributed by atoms with Crippen molar-refractivity contribution in [3.05, 3.63) is 12.1 Å². The van der Waals surface area contributed by atoms with E-state index in [1.165, 1.54) is 0 Å². The van der Waals surface area contributed by atoms with Gasteiger partial charge >= 0.3 is 39.9 Å². The average molecular weight is 468 g/mol. The molecule has 150 valence electrons. The summed E-state index contributed by atoms with van der Waals surface area (Å²) >= 11 is 10.8. The van der Waals surface area contributed by atoms with Crippen molar-refractivity contribution < 1.29 is 67.6 Å². The quantitative estimate of drug-likeness (QED) is 0.0898. The molecule has 3 amide bonds. The van der Waals surface area contributed by atoms with E-state index in [9.17, 15) is 22.8 Å². The van der Waals surface area contributed by atoms with Crippen LogP contribution in [0.2, 0.25) is 0 Å². The summed E-state index contributed by atoms with van der Waals surface area (Å²) < 4.78 is 35.7. The van der Waals surface area contributed by atoms with E-state index in [-0.39, 0.29) is 46.9 Å². The van der Waals surface area contributed by atoms with Crippen LogP contribution in [0.3, 0.4) is 0 Å². The van der Waals surface area contributed by atoms with Crippen molar-refractivity contribution in [3.63, 3.8) is 0 Å². The second-order valence-electron chi connectivity index (χ2n) is 4.82. The number of aromatic nitrogens is 1. The van der Waals surface area contributed by atoms with Crippen LogP contribution in [-0.4, -0.2) is 70.2 Å². The average Bonchev–Trinajstić information content (AvgIpc) is 3.01. The number of hydrogen-bond acceptors (Lipinski definition) is 9. The monoisotopic (exact) mass is 467 g/mol. The van der Waals surface area contributed by atoms with Gasteiger partial charge < -0.3 is 16.0 Å². The SMILES string of the molecule is CON=C(C(=O)NC1CN(S(=O)(=O)O)C1=O)c1ncoc1NC(=O)C(Cl)Cl.[H-].[Na+].